The van der Waals surface area contributed by atoms with Crippen molar-refractivity contribution in [1.82, 2.24) is 4.98 Å². The highest BCUT2D eigenvalue weighted by molar-refractivity contribution is 6.03. The number of nitrogens with one attached hydrogen (secondary N) is 1. The molecule has 0 fully saturated rings. The van der Waals surface area contributed by atoms with Crippen LogP contribution in [0.1, 0.15) is 35.8 Å². The molecule has 2 rings (SSSR count). The summed E-state index contributed by atoms with van der Waals surface area (Å²) in [6.45, 7) is 4.18. The molecule has 1 heterocycles. The SMILES string of the molecule is CC(C)c1ccccc1NC(=O)c1ccc(N)cn1. The minimum atomic E-state index is -0.229. The van der Waals surface area contributed by atoms with Crippen LogP contribution in [0.3, 0.4) is 0 Å². The second-order valence-electron chi connectivity index (χ2n) is 4.67. The van der Waals surface area contributed by atoms with E-state index in [2.05, 4.69) is 24.1 Å². The largest absolute Gasteiger partial charge is 0.397 e. The van der Waals surface area contributed by atoms with E-state index >= 15 is 0 Å². The fraction of sp³-hybridized carbons (Fsp3) is 0.200. The highest BCUT2D eigenvalue weighted by Gasteiger charge is 2.11. The van der Waals surface area contributed by atoms with Crippen LogP contribution in [0, 0.1) is 0 Å². The van der Waals surface area contributed by atoms with Gasteiger partial charge in [-0.25, -0.2) is 4.98 Å². The Kier molecular flexibility index (Phi) is 3.80. The first kappa shape index (κ1) is 13.1. The van der Waals surface area contributed by atoms with Crippen molar-refractivity contribution in [1.29, 1.82) is 0 Å². The summed E-state index contributed by atoms with van der Waals surface area (Å²) >= 11 is 0. The average Bonchev–Trinajstić information content (AvgIpc) is 2.39. The first-order valence-corrected chi connectivity index (χ1v) is 6.19. The first-order chi connectivity index (χ1) is 9.08. The van der Waals surface area contributed by atoms with E-state index in [0.717, 1.165) is 11.3 Å². The lowest BCUT2D eigenvalue weighted by atomic mass is 10.0. The molecule has 4 heteroatoms. The number of rotatable bonds is 3. The molecular weight excluding hydrogens is 238 g/mol. The van der Waals surface area contributed by atoms with Crippen LogP contribution in [-0.4, -0.2) is 10.9 Å². The van der Waals surface area contributed by atoms with E-state index in [1.807, 2.05) is 24.3 Å². The lowest BCUT2D eigenvalue weighted by Gasteiger charge is -2.13. The lowest BCUT2D eigenvalue weighted by molar-refractivity contribution is 0.102. The number of nitrogens with zero attached hydrogens (tertiary/aromatic N) is 1. The third kappa shape index (κ3) is 3.10. The number of pyridine rings is 1. The van der Waals surface area contributed by atoms with Crippen LogP contribution >= 0.6 is 0 Å². The molecule has 0 aliphatic rings. The number of benzene rings is 1. The van der Waals surface area contributed by atoms with Gasteiger partial charge in [0.2, 0.25) is 0 Å². The first-order valence-electron chi connectivity index (χ1n) is 6.19. The average molecular weight is 255 g/mol. The Hall–Kier alpha value is -2.36. The number of carbonyl (C=O) groups is 1. The maximum atomic E-state index is 12.1. The summed E-state index contributed by atoms with van der Waals surface area (Å²) in [6, 6.07) is 11.0. The standard InChI is InChI=1S/C15H17N3O/c1-10(2)12-5-3-4-6-13(12)18-15(19)14-8-7-11(16)9-17-14/h3-10H,16H2,1-2H3,(H,18,19). The number of anilines is 2. The monoisotopic (exact) mass is 255 g/mol. The van der Waals surface area contributed by atoms with Crippen molar-refractivity contribution in [3.8, 4) is 0 Å². The molecule has 0 aliphatic carbocycles. The van der Waals surface area contributed by atoms with Gasteiger partial charge in [0.15, 0.2) is 0 Å². The van der Waals surface area contributed by atoms with Crippen LogP contribution in [0.25, 0.3) is 0 Å². The smallest absolute Gasteiger partial charge is 0.274 e. The van der Waals surface area contributed by atoms with Crippen molar-refractivity contribution < 1.29 is 4.79 Å². The highest BCUT2D eigenvalue weighted by Crippen LogP contribution is 2.24. The molecule has 0 saturated heterocycles. The van der Waals surface area contributed by atoms with Gasteiger partial charge in [-0.15, -0.1) is 0 Å². The number of amides is 1. The van der Waals surface area contributed by atoms with Crippen molar-refractivity contribution in [3.63, 3.8) is 0 Å². The molecule has 1 aromatic heterocycles. The van der Waals surface area contributed by atoms with Gasteiger partial charge in [0.25, 0.3) is 5.91 Å². The van der Waals surface area contributed by atoms with Crippen molar-refractivity contribution in [2.75, 3.05) is 11.1 Å². The minimum absolute atomic E-state index is 0.229. The minimum Gasteiger partial charge on any atom is -0.397 e. The van der Waals surface area contributed by atoms with E-state index in [1.165, 1.54) is 6.20 Å². The van der Waals surface area contributed by atoms with Crippen molar-refractivity contribution in [2.24, 2.45) is 0 Å². The molecular formula is C15H17N3O. The molecule has 0 radical (unpaired) electrons. The van der Waals surface area contributed by atoms with Gasteiger partial charge in [-0.1, -0.05) is 32.0 Å². The zero-order chi connectivity index (χ0) is 13.8. The predicted molar refractivity (Wildman–Crippen MR) is 77.1 cm³/mol. The van der Waals surface area contributed by atoms with Crippen LogP contribution < -0.4 is 11.1 Å². The number of nitrogens with two attached hydrogens (primary N) is 1. The summed E-state index contributed by atoms with van der Waals surface area (Å²) in [6.07, 6.45) is 1.48. The summed E-state index contributed by atoms with van der Waals surface area (Å²) in [5, 5.41) is 2.89. The summed E-state index contributed by atoms with van der Waals surface area (Å²) in [5.74, 6) is 0.115. The molecule has 0 atom stereocenters. The Bertz CT molecular complexity index is 576. The van der Waals surface area contributed by atoms with Gasteiger partial charge < -0.3 is 11.1 Å². The predicted octanol–water partition coefficient (Wildman–Crippen LogP) is 3.04. The summed E-state index contributed by atoms with van der Waals surface area (Å²) in [7, 11) is 0. The fourth-order valence-corrected chi connectivity index (χ4v) is 1.84. The van der Waals surface area contributed by atoms with E-state index in [9.17, 15) is 4.79 Å². The molecule has 0 saturated carbocycles. The number of nitrogen functional groups attached to an aromatic ring is 1. The Morgan fingerprint density at radius 3 is 2.58 bits per heavy atom. The zero-order valence-electron chi connectivity index (χ0n) is 11.1. The zero-order valence-corrected chi connectivity index (χ0v) is 11.1. The molecule has 2 aromatic rings. The molecule has 4 nitrogen and oxygen atoms in total. The Morgan fingerprint density at radius 1 is 1.21 bits per heavy atom. The second-order valence-corrected chi connectivity index (χ2v) is 4.67. The Labute approximate surface area is 112 Å². The third-order valence-electron chi connectivity index (χ3n) is 2.85. The Morgan fingerprint density at radius 2 is 1.95 bits per heavy atom. The molecule has 0 spiro atoms. The van der Waals surface area contributed by atoms with Gasteiger partial charge in [0.1, 0.15) is 5.69 Å². The number of aromatic nitrogens is 1. The van der Waals surface area contributed by atoms with Gasteiger partial charge >= 0.3 is 0 Å². The molecule has 19 heavy (non-hydrogen) atoms. The topological polar surface area (TPSA) is 68.0 Å². The van der Waals surface area contributed by atoms with Gasteiger partial charge in [-0.3, -0.25) is 4.79 Å². The Balaban J connectivity index is 2.22. The molecule has 0 aliphatic heterocycles. The number of hydrogen-bond acceptors (Lipinski definition) is 3. The number of carbonyl (C=O) groups excluding carboxylic acids is 1. The van der Waals surface area contributed by atoms with Crippen LogP contribution in [0.2, 0.25) is 0 Å². The van der Waals surface area contributed by atoms with E-state index in [1.54, 1.807) is 12.1 Å². The molecule has 3 N–H and O–H groups in total. The van der Waals surface area contributed by atoms with Crippen molar-refractivity contribution in [2.45, 2.75) is 19.8 Å². The lowest BCUT2D eigenvalue weighted by Crippen LogP contribution is -2.15. The van der Waals surface area contributed by atoms with E-state index in [4.69, 9.17) is 5.73 Å². The summed E-state index contributed by atoms with van der Waals surface area (Å²) in [4.78, 5) is 16.1. The van der Waals surface area contributed by atoms with Gasteiger partial charge in [-0.2, -0.15) is 0 Å². The van der Waals surface area contributed by atoms with Crippen molar-refractivity contribution in [3.05, 3.63) is 53.9 Å². The third-order valence-corrected chi connectivity index (χ3v) is 2.85. The second kappa shape index (κ2) is 5.52. The number of hydrogen-bond donors (Lipinski definition) is 2. The van der Waals surface area contributed by atoms with E-state index in [0.29, 0.717) is 17.3 Å². The molecule has 0 bridgehead atoms. The summed E-state index contributed by atoms with van der Waals surface area (Å²) in [5.41, 5.74) is 8.37. The van der Waals surface area contributed by atoms with E-state index < -0.39 is 0 Å². The maximum absolute atomic E-state index is 12.1. The van der Waals surface area contributed by atoms with Crippen molar-refractivity contribution >= 4 is 17.3 Å². The van der Waals surface area contributed by atoms with Gasteiger partial charge in [0, 0.05) is 5.69 Å². The molecule has 0 unspecified atom stereocenters. The van der Waals surface area contributed by atoms with Crippen LogP contribution in [0.5, 0.6) is 0 Å². The molecule has 98 valence electrons. The van der Waals surface area contributed by atoms with Crippen LogP contribution in [0.15, 0.2) is 42.6 Å². The fourth-order valence-electron chi connectivity index (χ4n) is 1.84. The molecule has 1 amide bonds. The van der Waals surface area contributed by atoms with Crippen LogP contribution in [-0.2, 0) is 0 Å². The maximum Gasteiger partial charge on any atom is 0.274 e. The van der Waals surface area contributed by atoms with E-state index in [-0.39, 0.29) is 5.91 Å². The summed E-state index contributed by atoms with van der Waals surface area (Å²) < 4.78 is 0. The quantitative estimate of drug-likeness (QED) is 0.885. The number of para-hydroxylation sites is 1. The van der Waals surface area contributed by atoms with Gasteiger partial charge in [0.05, 0.1) is 11.9 Å². The highest BCUT2D eigenvalue weighted by atomic mass is 16.1. The van der Waals surface area contributed by atoms with Gasteiger partial charge in [-0.05, 0) is 29.7 Å². The normalized spacial score (nSPS) is 10.5. The molecule has 1 aromatic carbocycles. The van der Waals surface area contributed by atoms with Crippen LogP contribution in [0.4, 0.5) is 11.4 Å².